The Balaban J connectivity index is 2.29. The summed E-state index contributed by atoms with van der Waals surface area (Å²) in [5.41, 5.74) is 1.64. The summed E-state index contributed by atoms with van der Waals surface area (Å²) in [5, 5.41) is 15.5. The molecule has 2 rings (SSSR count). The van der Waals surface area contributed by atoms with E-state index in [-0.39, 0.29) is 17.2 Å². The molecule has 1 aromatic carbocycles. The Bertz CT molecular complexity index is 743. The third kappa shape index (κ3) is 3.52. The highest BCUT2D eigenvalue weighted by molar-refractivity contribution is 9.10. The van der Waals surface area contributed by atoms with Crippen LogP contribution in [0.2, 0.25) is 0 Å². The van der Waals surface area contributed by atoms with E-state index in [9.17, 15) is 13.5 Å². The van der Waals surface area contributed by atoms with Gasteiger partial charge in [0.15, 0.2) is 5.03 Å². The second-order valence-electron chi connectivity index (χ2n) is 4.69. The number of aromatic nitrogens is 2. The van der Waals surface area contributed by atoms with E-state index in [1.807, 2.05) is 24.3 Å². The molecule has 1 atom stereocenters. The minimum Gasteiger partial charge on any atom is -0.392 e. The van der Waals surface area contributed by atoms with Crippen molar-refractivity contribution in [2.45, 2.75) is 31.5 Å². The lowest BCUT2D eigenvalue weighted by atomic mass is 10.1. The smallest absolute Gasteiger partial charge is 0.260 e. The molecule has 6 nitrogen and oxygen atoms in total. The zero-order valence-electron chi connectivity index (χ0n) is 11.6. The summed E-state index contributed by atoms with van der Waals surface area (Å²) in [7, 11) is -3.81. The first-order valence-electron chi connectivity index (χ1n) is 6.27. The quantitative estimate of drug-likeness (QED) is 0.746. The summed E-state index contributed by atoms with van der Waals surface area (Å²) in [6.45, 7) is 3.02. The van der Waals surface area contributed by atoms with Gasteiger partial charge in [0, 0.05) is 21.8 Å². The fourth-order valence-electron chi connectivity index (χ4n) is 1.97. The third-order valence-electron chi connectivity index (χ3n) is 3.13. The molecule has 0 radical (unpaired) electrons. The number of aliphatic hydroxyl groups excluding tert-OH is 1. The van der Waals surface area contributed by atoms with Gasteiger partial charge < -0.3 is 5.11 Å². The number of rotatable bonds is 5. The lowest BCUT2D eigenvalue weighted by Gasteiger charge is -2.14. The first-order valence-corrected chi connectivity index (χ1v) is 8.55. The van der Waals surface area contributed by atoms with Gasteiger partial charge in [0.25, 0.3) is 10.0 Å². The van der Waals surface area contributed by atoms with Crippen LogP contribution in [-0.2, 0) is 16.6 Å². The van der Waals surface area contributed by atoms with Gasteiger partial charge in [-0.3, -0.25) is 5.10 Å². The molecule has 2 aromatic rings. The SMILES string of the molecule is Cc1[nH]nc(S(=O)(=O)NC(C)c2cccc(Br)c2)c1CO. The molecule has 0 saturated heterocycles. The average molecular weight is 374 g/mol. The van der Waals surface area contributed by atoms with Gasteiger partial charge in [0.2, 0.25) is 0 Å². The largest absolute Gasteiger partial charge is 0.392 e. The number of hydrogen-bond donors (Lipinski definition) is 3. The van der Waals surface area contributed by atoms with Crippen LogP contribution in [0.3, 0.4) is 0 Å². The second-order valence-corrected chi connectivity index (χ2v) is 7.23. The van der Waals surface area contributed by atoms with Gasteiger partial charge in [-0.25, -0.2) is 13.1 Å². The van der Waals surface area contributed by atoms with Crippen LogP contribution in [0.1, 0.15) is 29.8 Å². The Kier molecular flexibility index (Phi) is 4.82. The molecular weight excluding hydrogens is 358 g/mol. The highest BCUT2D eigenvalue weighted by atomic mass is 79.9. The zero-order valence-corrected chi connectivity index (χ0v) is 14.0. The number of nitrogens with zero attached hydrogens (tertiary/aromatic N) is 1. The van der Waals surface area contributed by atoms with Crippen molar-refractivity contribution >= 4 is 26.0 Å². The van der Waals surface area contributed by atoms with Crippen molar-refractivity contribution < 1.29 is 13.5 Å². The number of aromatic amines is 1. The molecule has 3 N–H and O–H groups in total. The fourth-order valence-corrected chi connectivity index (χ4v) is 3.81. The van der Waals surface area contributed by atoms with Crippen molar-refractivity contribution in [1.29, 1.82) is 0 Å². The van der Waals surface area contributed by atoms with Crippen molar-refractivity contribution in [3.8, 4) is 0 Å². The maximum absolute atomic E-state index is 12.4. The van der Waals surface area contributed by atoms with Crippen LogP contribution in [0.15, 0.2) is 33.8 Å². The van der Waals surface area contributed by atoms with E-state index < -0.39 is 16.1 Å². The number of aliphatic hydroxyl groups is 1. The lowest BCUT2D eigenvalue weighted by Crippen LogP contribution is -2.28. The maximum Gasteiger partial charge on any atom is 0.260 e. The number of H-pyrrole nitrogens is 1. The van der Waals surface area contributed by atoms with Crippen LogP contribution in [0.25, 0.3) is 0 Å². The molecule has 0 aliphatic heterocycles. The van der Waals surface area contributed by atoms with Gasteiger partial charge in [-0.05, 0) is 31.5 Å². The maximum atomic E-state index is 12.4. The predicted molar refractivity (Wildman–Crippen MR) is 82.1 cm³/mol. The third-order valence-corrected chi connectivity index (χ3v) is 5.13. The Hall–Kier alpha value is -1.22. The summed E-state index contributed by atoms with van der Waals surface area (Å²) in [5.74, 6) is 0. The minimum absolute atomic E-state index is 0.163. The predicted octanol–water partition coefficient (Wildman–Crippen LogP) is 2.01. The molecule has 8 heteroatoms. The molecule has 0 spiro atoms. The van der Waals surface area contributed by atoms with Crippen molar-refractivity contribution in [2.24, 2.45) is 0 Å². The topological polar surface area (TPSA) is 95.1 Å². The zero-order chi connectivity index (χ0) is 15.6. The summed E-state index contributed by atoms with van der Waals surface area (Å²) < 4.78 is 28.2. The van der Waals surface area contributed by atoms with Gasteiger partial charge in [0.1, 0.15) is 0 Å². The highest BCUT2D eigenvalue weighted by Crippen LogP contribution is 2.22. The molecule has 21 heavy (non-hydrogen) atoms. The Morgan fingerprint density at radius 3 is 2.81 bits per heavy atom. The monoisotopic (exact) mass is 373 g/mol. The van der Waals surface area contributed by atoms with Gasteiger partial charge >= 0.3 is 0 Å². The molecule has 1 aromatic heterocycles. The normalized spacial score (nSPS) is 13.3. The van der Waals surface area contributed by atoms with E-state index in [4.69, 9.17) is 0 Å². The van der Waals surface area contributed by atoms with Crippen molar-refractivity contribution in [1.82, 2.24) is 14.9 Å². The van der Waals surface area contributed by atoms with Gasteiger partial charge in [-0.1, -0.05) is 28.1 Å². The summed E-state index contributed by atoms with van der Waals surface area (Å²) in [6, 6.07) is 6.96. The molecule has 0 bridgehead atoms. The van der Waals surface area contributed by atoms with Crippen molar-refractivity contribution in [3.63, 3.8) is 0 Å². The molecule has 0 fully saturated rings. The van der Waals surface area contributed by atoms with E-state index in [0.717, 1.165) is 10.0 Å². The van der Waals surface area contributed by atoms with E-state index in [1.165, 1.54) is 0 Å². The molecule has 0 amide bonds. The van der Waals surface area contributed by atoms with Crippen molar-refractivity contribution in [2.75, 3.05) is 0 Å². The van der Waals surface area contributed by atoms with Crippen LogP contribution >= 0.6 is 15.9 Å². The molecule has 0 saturated carbocycles. The number of sulfonamides is 1. The molecule has 1 unspecified atom stereocenters. The van der Waals surface area contributed by atoms with Gasteiger partial charge in [0.05, 0.1) is 6.61 Å². The lowest BCUT2D eigenvalue weighted by molar-refractivity contribution is 0.277. The molecule has 0 aliphatic rings. The van der Waals surface area contributed by atoms with Crippen LogP contribution in [0, 0.1) is 6.92 Å². The van der Waals surface area contributed by atoms with Crippen LogP contribution in [-0.4, -0.2) is 23.7 Å². The number of aryl methyl sites for hydroxylation is 1. The van der Waals surface area contributed by atoms with Crippen molar-refractivity contribution in [3.05, 3.63) is 45.6 Å². The Morgan fingerprint density at radius 1 is 1.48 bits per heavy atom. The van der Waals surface area contributed by atoms with Crippen LogP contribution < -0.4 is 4.72 Å². The van der Waals surface area contributed by atoms with E-state index in [0.29, 0.717) is 5.69 Å². The molecule has 1 heterocycles. The van der Waals surface area contributed by atoms with Crippen LogP contribution in [0.4, 0.5) is 0 Å². The first-order chi connectivity index (χ1) is 9.85. The van der Waals surface area contributed by atoms with Gasteiger partial charge in [-0.15, -0.1) is 0 Å². The summed E-state index contributed by atoms with van der Waals surface area (Å²) in [6.07, 6.45) is 0. The first kappa shape index (κ1) is 16.2. The Morgan fingerprint density at radius 2 is 2.19 bits per heavy atom. The van der Waals surface area contributed by atoms with Crippen LogP contribution in [0.5, 0.6) is 0 Å². The number of hydrogen-bond acceptors (Lipinski definition) is 4. The minimum atomic E-state index is -3.81. The number of benzene rings is 1. The standard InChI is InChI=1S/C13H16BrN3O3S/c1-8(10-4-3-5-11(14)6-10)17-21(19,20)13-12(7-18)9(2)15-16-13/h3-6,8,17-18H,7H2,1-2H3,(H,15,16). The van der Waals surface area contributed by atoms with E-state index in [2.05, 4.69) is 30.8 Å². The highest BCUT2D eigenvalue weighted by Gasteiger charge is 2.25. The van der Waals surface area contributed by atoms with E-state index in [1.54, 1.807) is 13.8 Å². The van der Waals surface area contributed by atoms with Gasteiger partial charge in [-0.2, -0.15) is 5.10 Å². The molecule has 114 valence electrons. The second kappa shape index (κ2) is 6.27. The molecule has 0 aliphatic carbocycles. The summed E-state index contributed by atoms with van der Waals surface area (Å²) >= 11 is 3.35. The number of halogens is 1. The number of nitrogens with one attached hydrogen (secondary N) is 2. The average Bonchev–Trinajstić information content (AvgIpc) is 2.80. The van der Waals surface area contributed by atoms with E-state index >= 15 is 0 Å². The fraction of sp³-hybridized carbons (Fsp3) is 0.308. The summed E-state index contributed by atoms with van der Waals surface area (Å²) in [4.78, 5) is 0. The Labute approximate surface area is 131 Å². The molecular formula is C13H16BrN3O3S.